The first-order chi connectivity index (χ1) is 10.1. The predicted molar refractivity (Wildman–Crippen MR) is 79.0 cm³/mol. The maximum atomic E-state index is 13.5. The summed E-state index contributed by atoms with van der Waals surface area (Å²) in [5.41, 5.74) is 2.97. The summed E-state index contributed by atoms with van der Waals surface area (Å²) in [7, 11) is 0. The first-order valence-corrected chi connectivity index (χ1v) is 6.67. The number of rotatable bonds is 3. The third-order valence-electron chi connectivity index (χ3n) is 3.35. The summed E-state index contributed by atoms with van der Waals surface area (Å²) in [5.74, 6) is 0.280. The van der Waals surface area contributed by atoms with Gasteiger partial charge in [0.15, 0.2) is 6.61 Å². The molecule has 2 aromatic rings. The molecule has 4 nitrogen and oxygen atoms in total. The van der Waals surface area contributed by atoms with E-state index >= 15 is 0 Å². The highest BCUT2D eigenvalue weighted by molar-refractivity contribution is 5.96. The molecule has 0 radical (unpaired) electrons. The second-order valence-electron chi connectivity index (χ2n) is 4.98. The number of carbonyl (C=O) groups is 1. The molecule has 1 heterocycles. The van der Waals surface area contributed by atoms with Crippen LogP contribution in [0, 0.1) is 12.7 Å². The Hall–Kier alpha value is -2.56. The van der Waals surface area contributed by atoms with Crippen LogP contribution in [0.2, 0.25) is 0 Å². The molecule has 2 N–H and O–H groups in total. The molecule has 2 aromatic carbocycles. The fourth-order valence-corrected chi connectivity index (χ4v) is 2.14. The Morgan fingerprint density at radius 3 is 2.95 bits per heavy atom. The molecule has 0 atom stereocenters. The molecule has 0 unspecified atom stereocenters. The quantitative estimate of drug-likeness (QED) is 0.911. The summed E-state index contributed by atoms with van der Waals surface area (Å²) < 4.78 is 18.8. The molecule has 108 valence electrons. The molecule has 0 saturated carbocycles. The van der Waals surface area contributed by atoms with Gasteiger partial charge in [-0.15, -0.1) is 0 Å². The minimum atomic E-state index is -0.208. The third kappa shape index (κ3) is 2.97. The van der Waals surface area contributed by atoms with Gasteiger partial charge in [0.2, 0.25) is 0 Å². The minimum Gasteiger partial charge on any atom is -0.482 e. The average Bonchev–Trinajstić information content (AvgIpc) is 2.48. The number of halogens is 1. The zero-order valence-electron chi connectivity index (χ0n) is 11.6. The zero-order chi connectivity index (χ0) is 14.8. The lowest BCUT2D eigenvalue weighted by Gasteiger charge is -2.19. The summed E-state index contributed by atoms with van der Waals surface area (Å²) in [5, 5.41) is 5.95. The number of hydrogen-bond acceptors (Lipinski definition) is 3. The molecule has 1 aliphatic heterocycles. The second kappa shape index (κ2) is 5.44. The molecule has 1 aliphatic rings. The maximum Gasteiger partial charge on any atom is 0.262 e. The van der Waals surface area contributed by atoms with Crippen molar-refractivity contribution >= 4 is 17.3 Å². The van der Waals surface area contributed by atoms with Crippen molar-refractivity contribution in [2.45, 2.75) is 13.5 Å². The van der Waals surface area contributed by atoms with Crippen molar-refractivity contribution in [2.75, 3.05) is 17.2 Å². The van der Waals surface area contributed by atoms with Crippen molar-refractivity contribution in [3.63, 3.8) is 0 Å². The van der Waals surface area contributed by atoms with Gasteiger partial charge in [-0.05, 0) is 42.3 Å². The van der Waals surface area contributed by atoms with Gasteiger partial charge in [0.05, 0.1) is 5.69 Å². The van der Waals surface area contributed by atoms with E-state index in [0.29, 0.717) is 23.5 Å². The number of ether oxygens (including phenoxy) is 1. The Morgan fingerprint density at radius 2 is 2.14 bits per heavy atom. The highest BCUT2D eigenvalue weighted by Crippen LogP contribution is 2.30. The van der Waals surface area contributed by atoms with Crippen LogP contribution in [0.3, 0.4) is 0 Å². The Labute approximate surface area is 121 Å². The Balaban J connectivity index is 1.72. The van der Waals surface area contributed by atoms with Crippen molar-refractivity contribution in [3.8, 4) is 5.75 Å². The number of anilines is 2. The van der Waals surface area contributed by atoms with E-state index in [1.807, 2.05) is 12.1 Å². The van der Waals surface area contributed by atoms with Crippen LogP contribution in [0.15, 0.2) is 36.4 Å². The second-order valence-corrected chi connectivity index (χ2v) is 4.98. The SMILES string of the molecule is Cc1ccc(CNc2ccc3c(c2)NC(=O)CO3)cc1F. The molecule has 3 rings (SSSR count). The van der Waals surface area contributed by atoms with E-state index in [0.717, 1.165) is 11.3 Å². The van der Waals surface area contributed by atoms with E-state index < -0.39 is 0 Å². The smallest absolute Gasteiger partial charge is 0.262 e. The number of hydrogen-bond donors (Lipinski definition) is 2. The Morgan fingerprint density at radius 1 is 1.29 bits per heavy atom. The molecule has 0 spiro atoms. The van der Waals surface area contributed by atoms with Crippen molar-refractivity contribution in [3.05, 3.63) is 53.3 Å². The van der Waals surface area contributed by atoms with E-state index in [-0.39, 0.29) is 18.3 Å². The highest BCUT2D eigenvalue weighted by atomic mass is 19.1. The number of aryl methyl sites for hydroxylation is 1. The van der Waals surface area contributed by atoms with Crippen LogP contribution in [0.1, 0.15) is 11.1 Å². The van der Waals surface area contributed by atoms with Gasteiger partial charge in [0.1, 0.15) is 11.6 Å². The average molecular weight is 286 g/mol. The maximum absolute atomic E-state index is 13.5. The van der Waals surface area contributed by atoms with Gasteiger partial charge in [-0.2, -0.15) is 0 Å². The van der Waals surface area contributed by atoms with E-state index in [2.05, 4.69) is 10.6 Å². The van der Waals surface area contributed by atoms with Gasteiger partial charge >= 0.3 is 0 Å². The predicted octanol–water partition coefficient (Wildman–Crippen LogP) is 3.08. The number of fused-ring (bicyclic) bond motifs is 1. The normalized spacial score (nSPS) is 13.1. The van der Waals surface area contributed by atoms with Crippen LogP contribution < -0.4 is 15.4 Å². The van der Waals surface area contributed by atoms with Crippen LogP contribution in [0.5, 0.6) is 5.75 Å². The number of amides is 1. The fourth-order valence-electron chi connectivity index (χ4n) is 2.14. The highest BCUT2D eigenvalue weighted by Gasteiger charge is 2.15. The summed E-state index contributed by atoms with van der Waals surface area (Å²) in [6, 6.07) is 10.6. The lowest BCUT2D eigenvalue weighted by Crippen LogP contribution is -2.25. The first kappa shape index (κ1) is 13.4. The summed E-state index contributed by atoms with van der Waals surface area (Å²) in [4.78, 5) is 11.3. The summed E-state index contributed by atoms with van der Waals surface area (Å²) >= 11 is 0. The van der Waals surface area contributed by atoms with Crippen LogP contribution in [0.25, 0.3) is 0 Å². The van der Waals surface area contributed by atoms with Gasteiger partial charge in [0, 0.05) is 12.2 Å². The van der Waals surface area contributed by atoms with E-state index in [1.54, 1.807) is 25.1 Å². The Bertz CT molecular complexity index is 701. The Kier molecular flexibility index (Phi) is 3.48. The van der Waals surface area contributed by atoms with E-state index in [1.165, 1.54) is 6.07 Å². The summed E-state index contributed by atoms with van der Waals surface area (Å²) in [6.45, 7) is 2.28. The van der Waals surface area contributed by atoms with Gasteiger partial charge in [0.25, 0.3) is 5.91 Å². The van der Waals surface area contributed by atoms with Crippen molar-refractivity contribution < 1.29 is 13.9 Å². The zero-order valence-corrected chi connectivity index (χ0v) is 11.6. The molecule has 0 bridgehead atoms. The lowest BCUT2D eigenvalue weighted by atomic mass is 10.1. The van der Waals surface area contributed by atoms with E-state index in [4.69, 9.17) is 4.74 Å². The van der Waals surface area contributed by atoms with E-state index in [9.17, 15) is 9.18 Å². The fraction of sp³-hybridized carbons (Fsp3) is 0.188. The molecule has 0 fully saturated rings. The molecular formula is C16H15FN2O2. The third-order valence-corrected chi connectivity index (χ3v) is 3.35. The van der Waals surface area contributed by atoms with Crippen LogP contribution >= 0.6 is 0 Å². The van der Waals surface area contributed by atoms with Gasteiger partial charge in [-0.1, -0.05) is 12.1 Å². The van der Waals surface area contributed by atoms with Gasteiger partial charge in [-0.3, -0.25) is 4.79 Å². The summed E-state index contributed by atoms with van der Waals surface area (Å²) in [6.07, 6.45) is 0. The molecular weight excluding hydrogens is 271 g/mol. The minimum absolute atomic E-state index is 0.0441. The van der Waals surface area contributed by atoms with Crippen molar-refractivity contribution in [1.29, 1.82) is 0 Å². The molecule has 0 saturated heterocycles. The molecule has 0 aromatic heterocycles. The standard InChI is InChI=1S/C16H15FN2O2/c1-10-2-3-11(6-13(10)17)8-18-12-4-5-15-14(7-12)19-16(20)9-21-15/h2-7,18H,8-9H2,1H3,(H,19,20). The first-order valence-electron chi connectivity index (χ1n) is 6.67. The van der Waals surface area contributed by atoms with Crippen LogP contribution in [0.4, 0.5) is 15.8 Å². The molecule has 5 heteroatoms. The van der Waals surface area contributed by atoms with Crippen LogP contribution in [-0.2, 0) is 11.3 Å². The largest absolute Gasteiger partial charge is 0.482 e. The van der Waals surface area contributed by atoms with Gasteiger partial charge < -0.3 is 15.4 Å². The molecule has 21 heavy (non-hydrogen) atoms. The lowest BCUT2D eigenvalue weighted by molar-refractivity contribution is -0.118. The topological polar surface area (TPSA) is 50.4 Å². The number of carbonyl (C=O) groups excluding carboxylic acids is 1. The number of nitrogens with one attached hydrogen (secondary N) is 2. The molecule has 0 aliphatic carbocycles. The monoisotopic (exact) mass is 286 g/mol. The van der Waals surface area contributed by atoms with Crippen molar-refractivity contribution in [2.24, 2.45) is 0 Å². The van der Waals surface area contributed by atoms with Gasteiger partial charge in [-0.25, -0.2) is 4.39 Å². The number of benzene rings is 2. The van der Waals surface area contributed by atoms with Crippen LogP contribution in [-0.4, -0.2) is 12.5 Å². The van der Waals surface area contributed by atoms with Crippen molar-refractivity contribution in [1.82, 2.24) is 0 Å². The molecule has 1 amide bonds.